The monoisotopic (exact) mass is 332 g/mol. The maximum Gasteiger partial charge on any atom is 0.193 e. The van der Waals surface area contributed by atoms with Gasteiger partial charge in [0.2, 0.25) is 0 Å². The molecule has 0 bridgehead atoms. The van der Waals surface area contributed by atoms with Crippen molar-refractivity contribution in [2.75, 3.05) is 0 Å². The van der Waals surface area contributed by atoms with Gasteiger partial charge in [-0.25, -0.2) is 0 Å². The Morgan fingerprint density at radius 2 is 1.88 bits per heavy atom. The van der Waals surface area contributed by atoms with Gasteiger partial charge in [0.15, 0.2) is 5.43 Å². The van der Waals surface area contributed by atoms with Crippen LogP contribution in [0.25, 0.3) is 22.3 Å². The molecule has 0 saturated heterocycles. The van der Waals surface area contributed by atoms with Crippen LogP contribution < -0.4 is 10.2 Å². The average Bonchev–Trinajstić information content (AvgIpc) is 2.91. The van der Waals surface area contributed by atoms with E-state index in [2.05, 4.69) is 26.8 Å². The van der Waals surface area contributed by atoms with E-state index in [0.29, 0.717) is 23.2 Å². The molecule has 2 aromatic carbocycles. The molecule has 1 atom stereocenters. The summed E-state index contributed by atoms with van der Waals surface area (Å²) in [5.41, 5.74) is 3.26. The SMILES string of the molecule is CC(C)=C[C@@]1(C)Cc2c(ccc3c(=O)cc(-c4ccccc4)oc23)O1. The van der Waals surface area contributed by atoms with Crippen molar-refractivity contribution < 1.29 is 9.15 Å². The van der Waals surface area contributed by atoms with Gasteiger partial charge in [0.1, 0.15) is 22.7 Å². The Kier molecular flexibility index (Phi) is 3.53. The van der Waals surface area contributed by atoms with Crippen molar-refractivity contribution in [2.45, 2.75) is 32.8 Å². The van der Waals surface area contributed by atoms with E-state index < -0.39 is 5.60 Å². The molecule has 1 aliphatic heterocycles. The van der Waals surface area contributed by atoms with Crippen LogP contribution in [0, 0.1) is 0 Å². The maximum atomic E-state index is 12.6. The first kappa shape index (κ1) is 15.7. The number of rotatable bonds is 2. The first-order valence-corrected chi connectivity index (χ1v) is 8.45. The van der Waals surface area contributed by atoms with E-state index in [9.17, 15) is 4.79 Å². The molecule has 25 heavy (non-hydrogen) atoms. The quantitative estimate of drug-likeness (QED) is 0.611. The van der Waals surface area contributed by atoms with Crippen molar-refractivity contribution in [3.05, 3.63) is 76.0 Å². The van der Waals surface area contributed by atoms with Crippen molar-refractivity contribution in [1.82, 2.24) is 0 Å². The van der Waals surface area contributed by atoms with Crippen LogP contribution in [-0.4, -0.2) is 5.60 Å². The van der Waals surface area contributed by atoms with Gasteiger partial charge in [-0.1, -0.05) is 35.9 Å². The number of allylic oxidation sites excluding steroid dienone is 1. The standard InChI is InChI=1S/C22H20O3/c1-14(2)12-22(3)13-17-19(25-22)10-9-16-18(23)11-20(24-21(16)17)15-7-5-4-6-8-15/h4-12H,13H2,1-3H3/t22-/m0/s1. The molecule has 3 nitrogen and oxygen atoms in total. The lowest BCUT2D eigenvalue weighted by atomic mass is 9.96. The van der Waals surface area contributed by atoms with Crippen LogP contribution in [0.2, 0.25) is 0 Å². The predicted molar refractivity (Wildman–Crippen MR) is 100 cm³/mol. The van der Waals surface area contributed by atoms with E-state index in [1.54, 1.807) is 12.1 Å². The maximum absolute atomic E-state index is 12.6. The van der Waals surface area contributed by atoms with Crippen LogP contribution in [0.5, 0.6) is 5.75 Å². The van der Waals surface area contributed by atoms with Crippen molar-refractivity contribution in [2.24, 2.45) is 0 Å². The smallest absolute Gasteiger partial charge is 0.193 e. The Bertz CT molecular complexity index is 1040. The fourth-order valence-electron chi connectivity index (χ4n) is 3.59. The van der Waals surface area contributed by atoms with Crippen LogP contribution in [0.3, 0.4) is 0 Å². The highest BCUT2D eigenvalue weighted by atomic mass is 16.5. The second-order valence-electron chi connectivity index (χ2n) is 7.07. The molecular formula is C22H20O3. The second kappa shape index (κ2) is 5.62. The topological polar surface area (TPSA) is 39.4 Å². The number of hydrogen-bond acceptors (Lipinski definition) is 3. The summed E-state index contributed by atoms with van der Waals surface area (Å²) < 4.78 is 12.3. The number of ether oxygens (including phenoxy) is 1. The highest BCUT2D eigenvalue weighted by Crippen LogP contribution is 2.40. The number of fused-ring (bicyclic) bond motifs is 3. The van der Waals surface area contributed by atoms with Crippen LogP contribution in [0.1, 0.15) is 26.3 Å². The van der Waals surface area contributed by atoms with Crippen molar-refractivity contribution in [3.8, 4) is 17.1 Å². The van der Waals surface area contributed by atoms with Crippen LogP contribution in [-0.2, 0) is 6.42 Å². The molecule has 0 radical (unpaired) electrons. The highest BCUT2D eigenvalue weighted by Gasteiger charge is 2.35. The Morgan fingerprint density at radius 3 is 2.60 bits per heavy atom. The summed E-state index contributed by atoms with van der Waals surface area (Å²) in [6.07, 6.45) is 2.81. The van der Waals surface area contributed by atoms with E-state index in [4.69, 9.17) is 9.15 Å². The average molecular weight is 332 g/mol. The van der Waals surface area contributed by atoms with Gasteiger partial charge >= 0.3 is 0 Å². The van der Waals surface area contributed by atoms with Gasteiger partial charge in [0.05, 0.1) is 5.39 Å². The summed E-state index contributed by atoms with van der Waals surface area (Å²) in [4.78, 5) is 12.6. The molecule has 4 rings (SSSR count). The molecule has 126 valence electrons. The van der Waals surface area contributed by atoms with E-state index in [1.165, 1.54) is 5.57 Å². The van der Waals surface area contributed by atoms with Crippen LogP contribution in [0.4, 0.5) is 0 Å². The van der Waals surface area contributed by atoms with E-state index >= 15 is 0 Å². The predicted octanol–water partition coefficient (Wildman–Crippen LogP) is 5.12. The summed E-state index contributed by atoms with van der Waals surface area (Å²) in [5.74, 6) is 1.38. The summed E-state index contributed by atoms with van der Waals surface area (Å²) in [7, 11) is 0. The summed E-state index contributed by atoms with van der Waals surface area (Å²) in [6.45, 7) is 6.18. The minimum atomic E-state index is -0.406. The van der Waals surface area contributed by atoms with Crippen molar-refractivity contribution >= 4 is 11.0 Å². The zero-order valence-corrected chi connectivity index (χ0v) is 14.6. The first-order chi connectivity index (χ1) is 12.0. The van der Waals surface area contributed by atoms with Crippen LogP contribution in [0.15, 0.2) is 69.4 Å². The van der Waals surface area contributed by atoms with Crippen molar-refractivity contribution in [3.63, 3.8) is 0 Å². The molecule has 3 heteroatoms. The summed E-state index contributed by atoms with van der Waals surface area (Å²) >= 11 is 0. The van der Waals surface area contributed by atoms with Crippen LogP contribution >= 0.6 is 0 Å². The van der Waals surface area contributed by atoms with E-state index in [0.717, 1.165) is 16.9 Å². The lowest BCUT2D eigenvalue weighted by Crippen LogP contribution is -2.27. The fraction of sp³-hybridized carbons (Fsp3) is 0.227. The number of hydrogen-bond donors (Lipinski definition) is 0. The molecule has 0 aliphatic carbocycles. The molecule has 0 unspecified atom stereocenters. The lowest BCUT2D eigenvalue weighted by molar-refractivity contribution is 0.170. The van der Waals surface area contributed by atoms with Gasteiger partial charge in [-0.2, -0.15) is 0 Å². The Labute approximate surface area is 146 Å². The molecule has 0 amide bonds. The summed E-state index contributed by atoms with van der Waals surface area (Å²) in [6, 6.07) is 14.9. The molecule has 0 spiro atoms. The third-order valence-electron chi connectivity index (χ3n) is 4.48. The minimum absolute atomic E-state index is 0.0290. The van der Waals surface area contributed by atoms with Gasteiger partial charge in [-0.05, 0) is 39.0 Å². The Balaban J connectivity index is 1.92. The molecule has 0 N–H and O–H groups in total. The molecule has 0 saturated carbocycles. The van der Waals surface area contributed by atoms with Gasteiger partial charge in [-0.15, -0.1) is 0 Å². The van der Waals surface area contributed by atoms with Gasteiger partial charge in [-0.3, -0.25) is 4.79 Å². The molecular weight excluding hydrogens is 312 g/mol. The molecule has 2 heterocycles. The third kappa shape index (κ3) is 2.76. The van der Waals surface area contributed by atoms with Crippen molar-refractivity contribution in [1.29, 1.82) is 0 Å². The molecule has 0 fully saturated rings. The van der Waals surface area contributed by atoms with E-state index in [1.807, 2.05) is 36.4 Å². The van der Waals surface area contributed by atoms with Gasteiger partial charge < -0.3 is 9.15 Å². The van der Waals surface area contributed by atoms with Gasteiger partial charge in [0, 0.05) is 23.6 Å². The molecule has 1 aliphatic rings. The zero-order chi connectivity index (χ0) is 17.6. The van der Waals surface area contributed by atoms with Gasteiger partial charge in [0.25, 0.3) is 0 Å². The molecule has 3 aromatic rings. The summed E-state index contributed by atoms with van der Waals surface area (Å²) in [5, 5.41) is 0.600. The fourth-order valence-corrected chi connectivity index (χ4v) is 3.59. The zero-order valence-electron chi connectivity index (χ0n) is 14.6. The third-order valence-corrected chi connectivity index (χ3v) is 4.48. The first-order valence-electron chi connectivity index (χ1n) is 8.45. The Hall–Kier alpha value is -2.81. The van der Waals surface area contributed by atoms with E-state index in [-0.39, 0.29) is 5.43 Å². The second-order valence-corrected chi connectivity index (χ2v) is 7.07. The lowest BCUT2D eigenvalue weighted by Gasteiger charge is -2.20. The number of benzene rings is 2. The largest absolute Gasteiger partial charge is 0.483 e. The Morgan fingerprint density at radius 1 is 1.12 bits per heavy atom. The minimum Gasteiger partial charge on any atom is -0.483 e. The molecule has 1 aromatic heterocycles. The highest BCUT2D eigenvalue weighted by molar-refractivity contribution is 5.84. The normalized spacial score (nSPS) is 18.7.